The largest absolute Gasteiger partial charge is 0.453 e. The quantitative estimate of drug-likeness (QED) is 0.688. The summed E-state index contributed by atoms with van der Waals surface area (Å²) in [6, 6.07) is 0.255. The Labute approximate surface area is 135 Å². The number of ether oxygens (including phenoxy) is 1. The Morgan fingerprint density at radius 2 is 2.36 bits per heavy atom. The minimum atomic E-state index is -0.197. The van der Waals surface area contributed by atoms with Crippen LogP contribution in [0.1, 0.15) is 43.3 Å². The standard InChI is InChI=1S/C17H22N2O2S/c1-12-18-14(11-22-12)8-7-13-5-4-6-15-17(13,2)9-10-19(15)16(20)21-3/h11,13,15H,4-6,9-10H2,1-3H3/t13?,15-,17?/m1/s1. The van der Waals surface area contributed by atoms with Gasteiger partial charge < -0.3 is 9.64 Å². The van der Waals surface area contributed by atoms with Crippen molar-refractivity contribution >= 4 is 17.4 Å². The summed E-state index contributed by atoms with van der Waals surface area (Å²) < 4.78 is 4.94. The third kappa shape index (κ3) is 2.61. The van der Waals surface area contributed by atoms with E-state index in [1.165, 1.54) is 7.11 Å². The Hall–Kier alpha value is -1.54. The van der Waals surface area contributed by atoms with Crippen LogP contribution >= 0.6 is 11.3 Å². The molecule has 2 heterocycles. The summed E-state index contributed by atoms with van der Waals surface area (Å²) in [6.45, 7) is 5.06. The molecule has 2 unspecified atom stereocenters. The van der Waals surface area contributed by atoms with Crippen molar-refractivity contribution in [3.63, 3.8) is 0 Å². The summed E-state index contributed by atoms with van der Waals surface area (Å²) >= 11 is 1.63. The van der Waals surface area contributed by atoms with E-state index in [0.717, 1.165) is 42.9 Å². The number of aromatic nitrogens is 1. The summed E-state index contributed by atoms with van der Waals surface area (Å²) in [5.41, 5.74) is 0.945. The summed E-state index contributed by atoms with van der Waals surface area (Å²) in [5.74, 6) is 7.02. The minimum Gasteiger partial charge on any atom is -0.453 e. The van der Waals surface area contributed by atoms with Gasteiger partial charge in [-0.05, 0) is 32.1 Å². The fourth-order valence-electron chi connectivity index (χ4n) is 3.93. The van der Waals surface area contributed by atoms with Crippen LogP contribution in [0.3, 0.4) is 0 Å². The topological polar surface area (TPSA) is 42.4 Å². The van der Waals surface area contributed by atoms with Crippen molar-refractivity contribution in [2.45, 2.75) is 45.6 Å². The van der Waals surface area contributed by atoms with Crippen LogP contribution in [0.4, 0.5) is 4.79 Å². The number of amides is 1. The fraction of sp³-hybridized carbons (Fsp3) is 0.647. The number of fused-ring (bicyclic) bond motifs is 1. The molecule has 0 radical (unpaired) electrons. The predicted octanol–water partition coefficient (Wildman–Crippen LogP) is 3.45. The van der Waals surface area contributed by atoms with Gasteiger partial charge in [0.2, 0.25) is 0 Å². The molecule has 2 aliphatic rings. The van der Waals surface area contributed by atoms with E-state index >= 15 is 0 Å². The van der Waals surface area contributed by atoms with Crippen molar-refractivity contribution < 1.29 is 9.53 Å². The van der Waals surface area contributed by atoms with E-state index in [2.05, 4.69) is 23.7 Å². The second-order valence-electron chi connectivity index (χ2n) is 6.44. The van der Waals surface area contributed by atoms with Gasteiger partial charge in [0.05, 0.1) is 12.1 Å². The zero-order chi connectivity index (χ0) is 15.7. The van der Waals surface area contributed by atoms with Crippen molar-refractivity contribution in [3.05, 3.63) is 16.1 Å². The Balaban J connectivity index is 1.82. The number of likely N-dealkylation sites (tertiary alicyclic amines) is 1. The molecular weight excluding hydrogens is 296 g/mol. The van der Waals surface area contributed by atoms with Crippen LogP contribution in [0.2, 0.25) is 0 Å². The van der Waals surface area contributed by atoms with Gasteiger partial charge in [-0.25, -0.2) is 9.78 Å². The van der Waals surface area contributed by atoms with Gasteiger partial charge >= 0.3 is 6.09 Å². The van der Waals surface area contributed by atoms with Crippen LogP contribution in [0.5, 0.6) is 0 Å². The van der Waals surface area contributed by atoms with Gasteiger partial charge in [-0.1, -0.05) is 19.3 Å². The number of nitrogens with zero attached hydrogens (tertiary/aromatic N) is 2. The van der Waals surface area contributed by atoms with Crippen molar-refractivity contribution in [3.8, 4) is 11.8 Å². The molecule has 2 fully saturated rings. The molecule has 4 nitrogen and oxygen atoms in total. The fourth-order valence-corrected chi connectivity index (χ4v) is 4.48. The van der Waals surface area contributed by atoms with Crippen molar-refractivity contribution in [2.75, 3.05) is 13.7 Å². The Morgan fingerprint density at radius 1 is 1.55 bits per heavy atom. The average Bonchev–Trinajstić information content (AvgIpc) is 3.07. The van der Waals surface area contributed by atoms with Gasteiger partial charge in [0, 0.05) is 29.3 Å². The summed E-state index contributed by atoms with van der Waals surface area (Å²) in [6.07, 6.45) is 4.08. The number of hydrogen-bond donors (Lipinski definition) is 0. The van der Waals surface area contributed by atoms with Gasteiger partial charge in [0.15, 0.2) is 0 Å². The lowest BCUT2D eigenvalue weighted by Gasteiger charge is -2.42. The van der Waals surface area contributed by atoms with E-state index in [1.807, 2.05) is 17.2 Å². The molecule has 0 N–H and O–H groups in total. The molecule has 1 aromatic heterocycles. The lowest BCUT2D eigenvalue weighted by atomic mass is 9.65. The molecule has 3 rings (SSSR count). The molecule has 0 bridgehead atoms. The molecular formula is C17H22N2O2S. The van der Waals surface area contributed by atoms with E-state index < -0.39 is 0 Å². The first-order valence-electron chi connectivity index (χ1n) is 7.83. The van der Waals surface area contributed by atoms with E-state index in [9.17, 15) is 4.79 Å². The summed E-state index contributed by atoms with van der Waals surface area (Å²) in [5, 5.41) is 3.06. The molecule has 1 aliphatic carbocycles. The van der Waals surface area contributed by atoms with E-state index in [1.54, 1.807) is 11.3 Å². The third-order valence-electron chi connectivity index (χ3n) is 5.20. The maximum Gasteiger partial charge on any atom is 0.409 e. The van der Waals surface area contributed by atoms with Crippen molar-refractivity contribution in [2.24, 2.45) is 11.3 Å². The van der Waals surface area contributed by atoms with Crippen LogP contribution in [0.25, 0.3) is 0 Å². The molecule has 1 aliphatic heterocycles. The zero-order valence-electron chi connectivity index (χ0n) is 13.4. The number of rotatable bonds is 0. The predicted molar refractivity (Wildman–Crippen MR) is 86.7 cm³/mol. The highest BCUT2D eigenvalue weighted by Gasteiger charge is 2.51. The number of carbonyl (C=O) groups excluding carboxylic acids is 1. The van der Waals surface area contributed by atoms with Gasteiger partial charge in [-0.3, -0.25) is 0 Å². The summed E-state index contributed by atoms with van der Waals surface area (Å²) in [4.78, 5) is 18.3. The third-order valence-corrected chi connectivity index (χ3v) is 5.97. The highest BCUT2D eigenvalue weighted by atomic mass is 32.1. The zero-order valence-corrected chi connectivity index (χ0v) is 14.2. The van der Waals surface area contributed by atoms with Crippen LogP contribution in [-0.2, 0) is 4.74 Å². The molecule has 118 valence electrons. The number of methoxy groups -OCH3 is 1. The molecule has 1 amide bonds. The molecule has 1 saturated carbocycles. The number of thiazole rings is 1. The van der Waals surface area contributed by atoms with Gasteiger partial charge in [-0.15, -0.1) is 11.3 Å². The monoisotopic (exact) mass is 318 g/mol. The normalized spacial score (nSPS) is 30.4. The van der Waals surface area contributed by atoms with E-state index in [4.69, 9.17) is 4.74 Å². The SMILES string of the molecule is COC(=O)N1CCC2(C)C(C#Cc3csc(C)n3)CCC[C@@H]12. The Kier molecular flexibility index (Phi) is 4.14. The van der Waals surface area contributed by atoms with Gasteiger partial charge in [0.25, 0.3) is 0 Å². The van der Waals surface area contributed by atoms with E-state index in [0.29, 0.717) is 5.92 Å². The van der Waals surface area contributed by atoms with Crippen LogP contribution in [-0.4, -0.2) is 35.7 Å². The molecule has 1 saturated heterocycles. The highest BCUT2D eigenvalue weighted by molar-refractivity contribution is 7.09. The number of aryl methyl sites for hydroxylation is 1. The Morgan fingerprint density at radius 3 is 3.05 bits per heavy atom. The molecule has 5 heteroatoms. The van der Waals surface area contributed by atoms with Crippen LogP contribution in [0.15, 0.2) is 5.38 Å². The second-order valence-corrected chi connectivity index (χ2v) is 7.50. The maximum absolute atomic E-state index is 12.0. The first kappa shape index (κ1) is 15.4. The van der Waals surface area contributed by atoms with Gasteiger partial charge in [-0.2, -0.15) is 0 Å². The number of hydrogen-bond acceptors (Lipinski definition) is 4. The van der Waals surface area contributed by atoms with Crippen molar-refractivity contribution in [1.29, 1.82) is 0 Å². The van der Waals surface area contributed by atoms with E-state index in [-0.39, 0.29) is 17.6 Å². The smallest absolute Gasteiger partial charge is 0.409 e. The van der Waals surface area contributed by atoms with Crippen LogP contribution < -0.4 is 0 Å². The average molecular weight is 318 g/mol. The van der Waals surface area contributed by atoms with Crippen molar-refractivity contribution in [1.82, 2.24) is 9.88 Å². The van der Waals surface area contributed by atoms with Crippen LogP contribution in [0, 0.1) is 30.1 Å². The first-order chi connectivity index (χ1) is 10.5. The van der Waals surface area contributed by atoms with Gasteiger partial charge in [0.1, 0.15) is 5.69 Å². The summed E-state index contributed by atoms with van der Waals surface area (Å²) in [7, 11) is 1.46. The first-order valence-corrected chi connectivity index (χ1v) is 8.71. The lowest BCUT2D eigenvalue weighted by molar-refractivity contribution is 0.0676. The molecule has 1 aromatic rings. The molecule has 22 heavy (non-hydrogen) atoms. The molecule has 0 spiro atoms. The lowest BCUT2D eigenvalue weighted by Crippen LogP contribution is -2.46. The molecule has 3 atom stereocenters. The maximum atomic E-state index is 12.0. The Bertz CT molecular complexity index is 630. The minimum absolute atomic E-state index is 0.0739. The second kappa shape index (κ2) is 5.92. The molecule has 0 aromatic carbocycles. The highest BCUT2D eigenvalue weighted by Crippen LogP contribution is 2.50. The number of carbonyl (C=O) groups is 1.